The van der Waals surface area contributed by atoms with E-state index in [1.807, 2.05) is 0 Å². The number of hydrogen-bond donors (Lipinski definition) is 1. The lowest BCUT2D eigenvalue weighted by Crippen LogP contribution is -2.32. The lowest BCUT2D eigenvalue weighted by molar-refractivity contribution is 0.0901. The van der Waals surface area contributed by atoms with E-state index in [0.717, 1.165) is 0 Å². The van der Waals surface area contributed by atoms with E-state index in [4.69, 9.17) is 9.47 Å². The van der Waals surface area contributed by atoms with E-state index in [0.29, 0.717) is 23.6 Å². The molecule has 0 fully saturated rings. The van der Waals surface area contributed by atoms with Crippen molar-refractivity contribution in [3.63, 3.8) is 0 Å². The number of benzene rings is 1. The molecule has 2 rings (SSSR count). The molecule has 5 heteroatoms. The molecule has 5 nitrogen and oxygen atoms in total. The lowest BCUT2D eigenvalue weighted by Gasteiger charge is -2.17. The Balaban J connectivity index is 2.01. The Morgan fingerprint density at radius 3 is 2.89 bits per heavy atom. The van der Waals surface area contributed by atoms with Gasteiger partial charge in [0, 0.05) is 12.1 Å². The van der Waals surface area contributed by atoms with Crippen LogP contribution in [0.4, 0.5) is 0 Å². The van der Waals surface area contributed by atoms with Gasteiger partial charge in [0.1, 0.15) is 0 Å². The lowest BCUT2D eigenvalue weighted by atomic mass is 10.1. The largest absolute Gasteiger partial charge is 0.454 e. The molecule has 0 amide bonds. The van der Waals surface area contributed by atoms with Gasteiger partial charge in [0.2, 0.25) is 6.79 Å². The molecule has 0 aromatic heterocycles. The summed E-state index contributed by atoms with van der Waals surface area (Å²) < 4.78 is 10.4. The molecule has 1 atom stereocenters. The summed E-state index contributed by atoms with van der Waals surface area (Å²) in [4.78, 5) is 13.8. The monoisotopic (exact) mass is 251 g/mol. The van der Waals surface area contributed by atoms with Crippen LogP contribution >= 0.6 is 0 Å². The molecule has 0 bridgehead atoms. The van der Waals surface area contributed by atoms with Gasteiger partial charge in [0.15, 0.2) is 17.3 Å². The standard InChI is InChI=1S/C13H17NO4/c1-9(15)6-14(2)7-11(16)10-3-4-12-13(5-10)18-8-17-12/h3-5,9,15H,6-8H2,1-2H3. The number of ether oxygens (including phenoxy) is 2. The van der Waals surface area contributed by atoms with Crippen molar-refractivity contribution < 1.29 is 19.4 Å². The number of aliphatic hydroxyl groups is 1. The van der Waals surface area contributed by atoms with Gasteiger partial charge in [-0.15, -0.1) is 0 Å². The van der Waals surface area contributed by atoms with Crippen LogP contribution in [0.25, 0.3) is 0 Å². The molecule has 1 aliphatic heterocycles. The molecular formula is C13H17NO4. The predicted molar refractivity (Wildman–Crippen MR) is 66.1 cm³/mol. The summed E-state index contributed by atoms with van der Waals surface area (Å²) in [5.41, 5.74) is 0.594. The Morgan fingerprint density at radius 1 is 1.44 bits per heavy atom. The van der Waals surface area contributed by atoms with Crippen molar-refractivity contribution in [1.29, 1.82) is 0 Å². The van der Waals surface area contributed by atoms with E-state index in [1.54, 1.807) is 37.1 Å². The molecule has 0 saturated carbocycles. The van der Waals surface area contributed by atoms with Crippen LogP contribution in [0.1, 0.15) is 17.3 Å². The van der Waals surface area contributed by atoms with Crippen LogP contribution in [-0.4, -0.2) is 48.8 Å². The number of likely N-dealkylation sites (N-methyl/N-ethyl adjacent to an activating group) is 1. The summed E-state index contributed by atoms with van der Waals surface area (Å²) in [6.45, 7) is 2.64. The molecule has 1 N–H and O–H groups in total. The van der Waals surface area contributed by atoms with Crippen molar-refractivity contribution in [2.75, 3.05) is 26.9 Å². The molecule has 1 aliphatic rings. The minimum absolute atomic E-state index is 0.00329. The van der Waals surface area contributed by atoms with Gasteiger partial charge >= 0.3 is 0 Å². The van der Waals surface area contributed by atoms with Gasteiger partial charge in [0.05, 0.1) is 12.6 Å². The first-order valence-electron chi connectivity index (χ1n) is 5.85. The summed E-state index contributed by atoms with van der Waals surface area (Å²) in [5.74, 6) is 1.28. The molecule has 1 aromatic rings. The topological polar surface area (TPSA) is 59.0 Å². The average molecular weight is 251 g/mol. The van der Waals surface area contributed by atoms with Crippen molar-refractivity contribution in [1.82, 2.24) is 4.90 Å². The fourth-order valence-electron chi connectivity index (χ4n) is 1.92. The third-order valence-corrected chi connectivity index (χ3v) is 2.68. The molecule has 18 heavy (non-hydrogen) atoms. The van der Waals surface area contributed by atoms with Crippen molar-refractivity contribution in [2.45, 2.75) is 13.0 Å². The zero-order valence-corrected chi connectivity index (χ0v) is 10.5. The fourth-order valence-corrected chi connectivity index (χ4v) is 1.92. The van der Waals surface area contributed by atoms with Crippen LogP contribution in [0.2, 0.25) is 0 Å². The normalized spacial score (nSPS) is 14.9. The van der Waals surface area contributed by atoms with Gasteiger partial charge in [-0.3, -0.25) is 9.69 Å². The number of hydrogen-bond acceptors (Lipinski definition) is 5. The third-order valence-electron chi connectivity index (χ3n) is 2.68. The Labute approximate surface area is 106 Å². The van der Waals surface area contributed by atoms with Crippen LogP contribution < -0.4 is 9.47 Å². The quantitative estimate of drug-likeness (QED) is 0.788. The van der Waals surface area contributed by atoms with Crippen LogP contribution in [0, 0.1) is 0 Å². The number of fused-ring (bicyclic) bond motifs is 1. The van der Waals surface area contributed by atoms with E-state index in [1.165, 1.54) is 0 Å². The predicted octanol–water partition coefficient (Wildman–Crippen LogP) is 0.911. The Morgan fingerprint density at radius 2 is 2.17 bits per heavy atom. The number of aliphatic hydroxyl groups excluding tert-OH is 1. The van der Waals surface area contributed by atoms with E-state index < -0.39 is 6.10 Å². The number of nitrogens with zero attached hydrogens (tertiary/aromatic N) is 1. The first kappa shape index (κ1) is 12.9. The number of carbonyl (C=O) groups excluding carboxylic acids is 1. The van der Waals surface area contributed by atoms with Gasteiger partial charge in [-0.1, -0.05) is 0 Å². The SMILES string of the molecule is CC(O)CN(C)CC(=O)c1ccc2c(c1)OCO2. The van der Waals surface area contributed by atoms with Gasteiger partial charge in [-0.05, 0) is 32.2 Å². The fraction of sp³-hybridized carbons (Fsp3) is 0.462. The maximum atomic E-state index is 12.0. The molecule has 1 aromatic carbocycles. The highest BCUT2D eigenvalue weighted by atomic mass is 16.7. The molecule has 0 aliphatic carbocycles. The van der Waals surface area contributed by atoms with E-state index in [-0.39, 0.29) is 19.1 Å². The second kappa shape index (κ2) is 5.37. The summed E-state index contributed by atoms with van der Waals surface area (Å²) in [6, 6.07) is 5.16. The molecule has 1 heterocycles. The maximum absolute atomic E-state index is 12.0. The maximum Gasteiger partial charge on any atom is 0.231 e. The summed E-state index contributed by atoms with van der Waals surface area (Å²) in [6.07, 6.45) is -0.445. The molecule has 98 valence electrons. The molecule has 0 saturated heterocycles. The first-order valence-corrected chi connectivity index (χ1v) is 5.85. The van der Waals surface area contributed by atoms with Gasteiger partial charge in [-0.25, -0.2) is 0 Å². The van der Waals surface area contributed by atoms with E-state index in [2.05, 4.69) is 0 Å². The van der Waals surface area contributed by atoms with Gasteiger partial charge < -0.3 is 14.6 Å². The number of ketones is 1. The van der Waals surface area contributed by atoms with E-state index in [9.17, 15) is 9.90 Å². The second-order valence-electron chi connectivity index (χ2n) is 4.54. The van der Waals surface area contributed by atoms with Crippen molar-refractivity contribution in [2.24, 2.45) is 0 Å². The average Bonchev–Trinajstić information content (AvgIpc) is 2.74. The highest BCUT2D eigenvalue weighted by molar-refractivity contribution is 5.98. The summed E-state index contributed by atoms with van der Waals surface area (Å²) in [5, 5.41) is 9.24. The van der Waals surface area contributed by atoms with E-state index >= 15 is 0 Å². The van der Waals surface area contributed by atoms with Crippen molar-refractivity contribution in [3.05, 3.63) is 23.8 Å². The number of Topliss-reactive ketones (excluding diaryl/α,β-unsaturated/α-hetero) is 1. The highest BCUT2D eigenvalue weighted by Gasteiger charge is 2.17. The minimum Gasteiger partial charge on any atom is -0.454 e. The number of carbonyl (C=O) groups is 1. The molecular weight excluding hydrogens is 234 g/mol. The van der Waals surface area contributed by atoms with Crippen molar-refractivity contribution in [3.8, 4) is 11.5 Å². The zero-order chi connectivity index (χ0) is 13.1. The molecule has 0 spiro atoms. The summed E-state index contributed by atoms with van der Waals surface area (Å²) in [7, 11) is 1.80. The third kappa shape index (κ3) is 3.00. The molecule has 0 radical (unpaired) electrons. The Kier molecular flexibility index (Phi) is 3.84. The minimum atomic E-state index is -0.445. The van der Waals surface area contributed by atoms with Crippen LogP contribution in [0.5, 0.6) is 11.5 Å². The van der Waals surface area contributed by atoms with Crippen LogP contribution in [0.3, 0.4) is 0 Å². The highest BCUT2D eigenvalue weighted by Crippen LogP contribution is 2.32. The molecule has 1 unspecified atom stereocenters. The Hall–Kier alpha value is -1.59. The first-order chi connectivity index (χ1) is 8.56. The summed E-state index contributed by atoms with van der Waals surface area (Å²) >= 11 is 0. The van der Waals surface area contributed by atoms with Gasteiger partial charge in [0.25, 0.3) is 0 Å². The van der Waals surface area contributed by atoms with Crippen molar-refractivity contribution >= 4 is 5.78 Å². The Bertz CT molecular complexity index is 445. The number of rotatable bonds is 5. The zero-order valence-electron chi connectivity index (χ0n) is 10.5. The smallest absolute Gasteiger partial charge is 0.231 e. The van der Waals surface area contributed by atoms with Gasteiger partial charge in [-0.2, -0.15) is 0 Å². The van der Waals surface area contributed by atoms with Crippen LogP contribution in [0.15, 0.2) is 18.2 Å². The second-order valence-corrected chi connectivity index (χ2v) is 4.54. The van der Waals surface area contributed by atoms with Crippen LogP contribution in [-0.2, 0) is 0 Å².